The molecule has 1 heterocycles. The fraction of sp³-hybridized carbons (Fsp3) is 0.385. The molecule has 0 fully saturated rings. The number of aliphatic hydroxyl groups excluding tert-OH is 2. The predicted molar refractivity (Wildman–Crippen MR) is 77.0 cm³/mol. The van der Waals surface area contributed by atoms with Crippen LogP contribution in [0.15, 0.2) is 18.2 Å². The summed E-state index contributed by atoms with van der Waals surface area (Å²) in [7, 11) is 0. The highest BCUT2D eigenvalue weighted by molar-refractivity contribution is 5.89. The molecule has 0 aliphatic heterocycles. The van der Waals surface area contributed by atoms with E-state index in [9.17, 15) is 25.1 Å². The molecule has 9 nitrogen and oxygen atoms in total. The largest absolute Gasteiger partial charge is 0.390 e. The van der Waals surface area contributed by atoms with Gasteiger partial charge < -0.3 is 15.5 Å². The third kappa shape index (κ3) is 3.21. The number of aliphatic hydroxyl groups is 2. The van der Waals surface area contributed by atoms with Gasteiger partial charge in [0.2, 0.25) is 5.91 Å². The van der Waals surface area contributed by atoms with Crippen molar-refractivity contribution in [3.8, 4) is 0 Å². The van der Waals surface area contributed by atoms with Crippen molar-refractivity contribution in [3.05, 3.63) is 34.0 Å². The number of hydrogen-bond donors (Lipinski definition) is 4. The molecule has 118 valence electrons. The lowest BCUT2D eigenvalue weighted by atomic mass is 10.0. The van der Waals surface area contributed by atoms with E-state index in [1.807, 2.05) is 0 Å². The second kappa shape index (κ2) is 6.50. The molecule has 1 aromatic carbocycles. The van der Waals surface area contributed by atoms with E-state index in [1.54, 1.807) is 6.07 Å². The van der Waals surface area contributed by atoms with Crippen molar-refractivity contribution in [1.82, 2.24) is 15.5 Å². The van der Waals surface area contributed by atoms with Gasteiger partial charge in [0.25, 0.3) is 5.69 Å². The molecule has 0 aliphatic rings. The molecule has 2 atom stereocenters. The highest BCUT2D eigenvalue weighted by Gasteiger charge is 2.25. The smallest absolute Gasteiger partial charge is 0.297 e. The van der Waals surface area contributed by atoms with Gasteiger partial charge in [-0.05, 0) is 6.42 Å². The number of amides is 1. The summed E-state index contributed by atoms with van der Waals surface area (Å²) in [5.41, 5.74) is 0.143. The summed E-state index contributed by atoms with van der Waals surface area (Å²) in [5, 5.41) is 40.3. The van der Waals surface area contributed by atoms with Crippen molar-refractivity contribution in [2.45, 2.75) is 25.6 Å². The number of para-hydroxylation sites is 1. The zero-order valence-electron chi connectivity index (χ0n) is 11.8. The molecule has 4 N–H and O–H groups in total. The molecule has 2 rings (SSSR count). The Hall–Kier alpha value is -2.52. The molecule has 2 unspecified atom stereocenters. The van der Waals surface area contributed by atoms with Gasteiger partial charge in [-0.25, -0.2) is 0 Å². The van der Waals surface area contributed by atoms with E-state index in [-0.39, 0.29) is 35.8 Å². The lowest BCUT2D eigenvalue weighted by Gasteiger charge is -2.16. The molecule has 0 saturated heterocycles. The number of nitrogens with zero attached hydrogens (tertiary/aromatic N) is 2. The number of aromatic amines is 1. The van der Waals surface area contributed by atoms with Crippen LogP contribution in [0.25, 0.3) is 10.9 Å². The molecular formula is C13H16N4O5. The van der Waals surface area contributed by atoms with Crippen LogP contribution in [0, 0.1) is 10.1 Å². The molecule has 0 spiro atoms. The summed E-state index contributed by atoms with van der Waals surface area (Å²) >= 11 is 0. The number of nitro benzene ring substituents is 1. The van der Waals surface area contributed by atoms with Gasteiger partial charge in [0.1, 0.15) is 6.10 Å². The van der Waals surface area contributed by atoms with E-state index < -0.39 is 17.1 Å². The first-order chi connectivity index (χ1) is 10.4. The van der Waals surface area contributed by atoms with E-state index in [4.69, 9.17) is 0 Å². The minimum atomic E-state index is -1.29. The third-order valence-electron chi connectivity index (χ3n) is 3.26. The predicted octanol–water partition coefficient (Wildman–Crippen LogP) is 0.392. The molecule has 9 heteroatoms. The Labute approximate surface area is 125 Å². The third-order valence-corrected chi connectivity index (χ3v) is 3.26. The minimum absolute atomic E-state index is 0.121. The van der Waals surface area contributed by atoms with Gasteiger partial charge in [0, 0.05) is 24.9 Å². The standard InChI is InChI=1S/C13H16N4O5/c1-7(18)14-6-5-10(19)13(20)12-8-3-2-4-9(17(21)22)11(8)15-16-12/h2-4,10,13,19-20H,5-6H2,1H3,(H,14,18)(H,15,16). The van der Waals surface area contributed by atoms with Crippen molar-refractivity contribution in [2.24, 2.45) is 0 Å². The van der Waals surface area contributed by atoms with Gasteiger partial charge in [-0.1, -0.05) is 12.1 Å². The summed E-state index contributed by atoms with van der Waals surface area (Å²) in [5.74, 6) is -0.232. The number of nitro groups is 1. The van der Waals surface area contributed by atoms with Crippen LogP contribution in [0.5, 0.6) is 0 Å². The van der Waals surface area contributed by atoms with Crippen LogP contribution >= 0.6 is 0 Å². The van der Waals surface area contributed by atoms with Gasteiger partial charge >= 0.3 is 0 Å². The van der Waals surface area contributed by atoms with Crippen molar-refractivity contribution < 1.29 is 19.9 Å². The first-order valence-corrected chi connectivity index (χ1v) is 6.63. The normalized spacial score (nSPS) is 13.8. The highest BCUT2D eigenvalue weighted by atomic mass is 16.6. The maximum absolute atomic E-state index is 10.9. The lowest BCUT2D eigenvalue weighted by Crippen LogP contribution is -2.27. The van der Waals surface area contributed by atoms with Gasteiger partial charge in [0.05, 0.1) is 16.7 Å². The number of nitrogens with one attached hydrogen (secondary N) is 2. The van der Waals surface area contributed by atoms with Crippen LogP contribution in [-0.4, -0.2) is 43.9 Å². The van der Waals surface area contributed by atoms with Crippen molar-refractivity contribution in [2.75, 3.05) is 6.54 Å². The van der Waals surface area contributed by atoms with Crippen LogP contribution in [0.3, 0.4) is 0 Å². The molecule has 2 aromatic rings. The number of carbonyl (C=O) groups is 1. The second-order valence-electron chi connectivity index (χ2n) is 4.85. The first-order valence-electron chi connectivity index (χ1n) is 6.63. The van der Waals surface area contributed by atoms with Gasteiger partial charge in [-0.2, -0.15) is 5.10 Å². The molecule has 1 amide bonds. The van der Waals surface area contributed by atoms with E-state index in [2.05, 4.69) is 15.5 Å². The molecule has 0 saturated carbocycles. The number of H-pyrrole nitrogens is 1. The maximum atomic E-state index is 10.9. The number of rotatable bonds is 6. The highest BCUT2D eigenvalue weighted by Crippen LogP contribution is 2.30. The molecule has 0 aliphatic carbocycles. The quantitative estimate of drug-likeness (QED) is 0.449. The Morgan fingerprint density at radius 2 is 2.23 bits per heavy atom. The molecule has 0 radical (unpaired) electrons. The van der Waals surface area contributed by atoms with E-state index in [0.29, 0.717) is 5.39 Å². The molecule has 1 aromatic heterocycles. The molecular weight excluding hydrogens is 292 g/mol. The number of fused-ring (bicyclic) bond motifs is 1. The van der Waals surface area contributed by atoms with Gasteiger partial charge in [-0.15, -0.1) is 0 Å². The summed E-state index contributed by atoms with van der Waals surface area (Å²) in [6.45, 7) is 1.56. The Bertz CT molecular complexity index is 699. The SMILES string of the molecule is CC(=O)NCCC(O)C(O)c1[nH]nc2c([N+](=O)[O-])cccc12. The fourth-order valence-electron chi connectivity index (χ4n) is 2.16. The Kier molecular flexibility index (Phi) is 4.68. The van der Waals surface area contributed by atoms with Gasteiger partial charge in [-0.3, -0.25) is 20.0 Å². The van der Waals surface area contributed by atoms with Crippen molar-refractivity contribution in [3.63, 3.8) is 0 Å². The lowest BCUT2D eigenvalue weighted by molar-refractivity contribution is -0.383. The average molecular weight is 308 g/mol. The Morgan fingerprint density at radius 1 is 1.50 bits per heavy atom. The second-order valence-corrected chi connectivity index (χ2v) is 4.85. The van der Waals surface area contributed by atoms with Crippen LogP contribution < -0.4 is 5.32 Å². The Balaban J connectivity index is 2.21. The van der Waals surface area contributed by atoms with Crippen LogP contribution in [-0.2, 0) is 4.79 Å². The monoisotopic (exact) mass is 308 g/mol. The van der Waals surface area contributed by atoms with Crippen LogP contribution in [0.4, 0.5) is 5.69 Å². The summed E-state index contributed by atoms with van der Waals surface area (Å²) in [4.78, 5) is 21.1. The van der Waals surface area contributed by atoms with Crippen LogP contribution in [0.2, 0.25) is 0 Å². The summed E-state index contributed by atoms with van der Waals surface area (Å²) in [6.07, 6.45) is -2.30. The van der Waals surface area contributed by atoms with Crippen molar-refractivity contribution in [1.29, 1.82) is 0 Å². The summed E-state index contributed by atoms with van der Waals surface area (Å²) in [6, 6.07) is 4.37. The Morgan fingerprint density at radius 3 is 2.86 bits per heavy atom. The minimum Gasteiger partial charge on any atom is -0.390 e. The first kappa shape index (κ1) is 15.9. The molecule has 22 heavy (non-hydrogen) atoms. The van der Waals surface area contributed by atoms with Crippen LogP contribution in [0.1, 0.15) is 25.1 Å². The zero-order chi connectivity index (χ0) is 16.3. The summed E-state index contributed by atoms with van der Waals surface area (Å²) < 4.78 is 0. The number of benzene rings is 1. The van der Waals surface area contributed by atoms with E-state index >= 15 is 0 Å². The molecule has 0 bridgehead atoms. The topological polar surface area (TPSA) is 141 Å². The average Bonchev–Trinajstić information content (AvgIpc) is 2.89. The fourth-order valence-corrected chi connectivity index (χ4v) is 2.16. The number of aromatic nitrogens is 2. The van der Waals surface area contributed by atoms with Crippen molar-refractivity contribution >= 4 is 22.5 Å². The number of non-ortho nitro benzene ring substituents is 1. The van der Waals surface area contributed by atoms with E-state index in [0.717, 1.165) is 0 Å². The van der Waals surface area contributed by atoms with E-state index in [1.165, 1.54) is 19.1 Å². The zero-order valence-corrected chi connectivity index (χ0v) is 11.8. The maximum Gasteiger partial charge on any atom is 0.297 e. The number of carbonyl (C=O) groups excluding carboxylic acids is 1. The number of hydrogen-bond acceptors (Lipinski definition) is 6. The van der Waals surface area contributed by atoms with Gasteiger partial charge in [0.15, 0.2) is 5.52 Å².